The highest BCUT2D eigenvalue weighted by Crippen LogP contribution is 2.36. The van der Waals surface area contributed by atoms with Crippen LogP contribution in [0.1, 0.15) is 65.2 Å². The Morgan fingerprint density at radius 3 is 2.41 bits per heavy atom. The summed E-state index contributed by atoms with van der Waals surface area (Å²) in [6.07, 6.45) is 9.04. The molecule has 0 saturated heterocycles. The van der Waals surface area contributed by atoms with Gasteiger partial charge >= 0.3 is 0 Å². The van der Waals surface area contributed by atoms with Crippen molar-refractivity contribution in [1.29, 1.82) is 0 Å². The van der Waals surface area contributed by atoms with Gasteiger partial charge in [-0.2, -0.15) is 0 Å². The molecule has 1 aliphatic carbocycles. The third-order valence-electron chi connectivity index (χ3n) is 4.41. The molecule has 1 aliphatic rings. The van der Waals surface area contributed by atoms with E-state index in [-0.39, 0.29) is 6.10 Å². The summed E-state index contributed by atoms with van der Waals surface area (Å²) in [6.45, 7) is 4.93. The van der Waals surface area contributed by atoms with Gasteiger partial charge in [0, 0.05) is 6.61 Å². The van der Waals surface area contributed by atoms with Crippen molar-refractivity contribution < 1.29 is 10.2 Å². The van der Waals surface area contributed by atoms with Gasteiger partial charge in [-0.25, -0.2) is 0 Å². The van der Waals surface area contributed by atoms with Crippen molar-refractivity contribution in [2.24, 2.45) is 17.8 Å². The minimum atomic E-state index is -0.0529. The summed E-state index contributed by atoms with van der Waals surface area (Å²) in [5.74, 6) is 2.12. The predicted octanol–water partition coefficient (Wildman–Crippen LogP) is 3.36. The maximum atomic E-state index is 10.0. The molecule has 1 rings (SSSR count). The summed E-state index contributed by atoms with van der Waals surface area (Å²) in [4.78, 5) is 0. The van der Waals surface area contributed by atoms with Gasteiger partial charge in [-0.15, -0.1) is 0 Å². The van der Waals surface area contributed by atoms with Crippen LogP contribution in [-0.4, -0.2) is 22.9 Å². The molecule has 2 N–H and O–H groups in total. The molecule has 0 aromatic heterocycles. The van der Waals surface area contributed by atoms with Gasteiger partial charge in [-0.1, -0.05) is 33.1 Å². The van der Waals surface area contributed by atoms with Gasteiger partial charge in [0.2, 0.25) is 0 Å². The zero-order chi connectivity index (χ0) is 12.7. The Morgan fingerprint density at radius 1 is 1.06 bits per heavy atom. The summed E-state index contributed by atoms with van der Waals surface area (Å²) in [6, 6.07) is 0. The molecule has 0 aromatic carbocycles. The minimum absolute atomic E-state index is 0.0529. The Labute approximate surface area is 106 Å². The molecule has 0 radical (unpaired) electrons. The van der Waals surface area contributed by atoms with E-state index in [4.69, 9.17) is 5.11 Å². The Kier molecular flexibility index (Phi) is 7.14. The van der Waals surface area contributed by atoms with E-state index in [1.165, 1.54) is 32.1 Å². The van der Waals surface area contributed by atoms with E-state index < -0.39 is 0 Å². The molecule has 2 heteroatoms. The maximum Gasteiger partial charge on any atom is 0.0568 e. The van der Waals surface area contributed by atoms with Crippen molar-refractivity contribution in [2.75, 3.05) is 6.61 Å². The Bertz CT molecular complexity index is 191. The first-order valence-corrected chi connectivity index (χ1v) is 7.44. The van der Waals surface area contributed by atoms with E-state index in [1.54, 1.807) is 0 Å². The largest absolute Gasteiger partial charge is 0.396 e. The van der Waals surface area contributed by atoms with Gasteiger partial charge in [-0.3, -0.25) is 0 Å². The predicted molar refractivity (Wildman–Crippen MR) is 71.8 cm³/mol. The summed E-state index contributed by atoms with van der Waals surface area (Å²) >= 11 is 0. The van der Waals surface area contributed by atoms with Crippen LogP contribution >= 0.6 is 0 Å². The number of aliphatic hydroxyl groups excluding tert-OH is 2. The standard InChI is InChI=1S/C15H30O2/c1-12(2)13-8-9-15(17)14(11-13)7-5-3-4-6-10-16/h12-17H,3-11H2,1-2H3. The van der Waals surface area contributed by atoms with Crippen LogP contribution in [0.15, 0.2) is 0 Å². The van der Waals surface area contributed by atoms with Crippen LogP contribution in [0.2, 0.25) is 0 Å². The SMILES string of the molecule is CC(C)C1CCC(O)C(CCCCCCO)C1. The fourth-order valence-corrected chi connectivity index (χ4v) is 3.07. The van der Waals surface area contributed by atoms with Crippen LogP contribution < -0.4 is 0 Å². The number of hydrogen-bond acceptors (Lipinski definition) is 2. The maximum absolute atomic E-state index is 10.0. The lowest BCUT2D eigenvalue weighted by Crippen LogP contribution is -2.31. The third kappa shape index (κ3) is 5.39. The lowest BCUT2D eigenvalue weighted by molar-refractivity contribution is 0.0323. The Hall–Kier alpha value is -0.0800. The quantitative estimate of drug-likeness (QED) is 0.672. The van der Waals surface area contributed by atoms with Crippen molar-refractivity contribution in [3.05, 3.63) is 0 Å². The molecule has 1 saturated carbocycles. The first-order chi connectivity index (χ1) is 8.15. The lowest BCUT2D eigenvalue weighted by Gasteiger charge is -2.35. The zero-order valence-corrected chi connectivity index (χ0v) is 11.6. The summed E-state index contributed by atoms with van der Waals surface area (Å²) in [5.41, 5.74) is 0. The summed E-state index contributed by atoms with van der Waals surface area (Å²) < 4.78 is 0. The first-order valence-electron chi connectivity index (χ1n) is 7.44. The van der Waals surface area contributed by atoms with Crippen molar-refractivity contribution >= 4 is 0 Å². The number of rotatable bonds is 7. The average molecular weight is 242 g/mol. The average Bonchev–Trinajstić information content (AvgIpc) is 2.30. The summed E-state index contributed by atoms with van der Waals surface area (Å²) in [5, 5.41) is 18.7. The molecular formula is C15H30O2. The van der Waals surface area contributed by atoms with Crippen LogP contribution in [0.4, 0.5) is 0 Å². The fourth-order valence-electron chi connectivity index (χ4n) is 3.07. The van der Waals surface area contributed by atoms with E-state index in [2.05, 4.69) is 13.8 Å². The van der Waals surface area contributed by atoms with E-state index in [1.807, 2.05) is 0 Å². The number of hydrogen-bond donors (Lipinski definition) is 2. The molecule has 3 unspecified atom stereocenters. The van der Waals surface area contributed by atoms with Crippen molar-refractivity contribution in [2.45, 2.75) is 71.3 Å². The van der Waals surface area contributed by atoms with Crippen molar-refractivity contribution in [3.8, 4) is 0 Å². The van der Waals surface area contributed by atoms with Crippen LogP contribution in [0.5, 0.6) is 0 Å². The van der Waals surface area contributed by atoms with E-state index in [0.29, 0.717) is 12.5 Å². The molecule has 0 bridgehead atoms. The van der Waals surface area contributed by atoms with Crippen molar-refractivity contribution in [3.63, 3.8) is 0 Å². The Morgan fingerprint density at radius 2 is 1.76 bits per heavy atom. The monoisotopic (exact) mass is 242 g/mol. The zero-order valence-electron chi connectivity index (χ0n) is 11.6. The first kappa shape index (κ1) is 15.0. The number of aliphatic hydroxyl groups is 2. The van der Waals surface area contributed by atoms with Crippen molar-refractivity contribution in [1.82, 2.24) is 0 Å². The van der Waals surface area contributed by atoms with Crippen LogP contribution in [0, 0.1) is 17.8 Å². The molecule has 0 aromatic rings. The van der Waals surface area contributed by atoms with Crippen LogP contribution in [-0.2, 0) is 0 Å². The molecule has 17 heavy (non-hydrogen) atoms. The smallest absolute Gasteiger partial charge is 0.0568 e. The molecule has 3 atom stereocenters. The highest BCUT2D eigenvalue weighted by Gasteiger charge is 2.29. The normalized spacial score (nSPS) is 29.8. The number of unbranched alkanes of at least 4 members (excludes halogenated alkanes) is 3. The highest BCUT2D eigenvalue weighted by atomic mass is 16.3. The molecular weight excluding hydrogens is 212 g/mol. The van der Waals surface area contributed by atoms with Gasteiger partial charge in [0.25, 0.3) is 0 Å². The second-order valence-electron chi connectivity index (χ2n) is 6.07. The van der Waals surface area contributed by atoms with Crippen LogP contribution in [0.25, 0.3) is 0 Å². The second-order valence-corrected chi connectivity index (χ2v) is 6.07. The van der Waals surface area contributed by atoms with E-state index >= 15 is 0 Å². The third-order valence-corrected chi connectivity index (χ3v) is 4.41. The van der Waals surface area contributed by atoms with Gasteiger partial charge in [0.05, 0.1) is 6.10 Å². The molecule has 0 aliphatic heterocycles. The lowest BCUT2D eigenvalue weighted by atomic mass is 9.73. The molecule has 0 amide bonds. The molecule has 2 nitrogen and oxygen atoms in total. The topological polar surface area (TPSA) is 40.5 Å². The van der Waals surface area contributed by atoms with Gasteiger partial charge < -0.3 is 10.2 Å². The minimum Gasteiger partial charge on any atom is -0.396 e. The summed E-state index contributed by atoms with van der Waals surface area (Å²) in [7, 11) is 0. The van der Waals surface area contributed by atoms with Gasteiger partial charge in [-0.05, 0) is 49.9 Å². The van der Waals surface area contributed by atoms with E-state index in [9.17, 15) is 5.11 Å². The molecule has 0 heterocycles. The second kappa shape index (κ2) is 8.10. The molecule has 102 valence electrons. The van der Waals surface area contributed by atoms with Crippen LogP contribution in [0.3, 0.4) is 0 Å². The highest BCUT2D eigenvalue weighted by molar-refractivity contribution is 4.81. The molecule has 0 spiro atoms. The van der Waals surface area contributed by atoms with Gasteiger partial charge in [0.15, 0.2) is 0 Å². The fraction of sp³-hybridized carbons (Fsp3) is 1.00. The van der Waals surface area contributed by atoms with Gasteiger partial charge in [0.1, 0.15) is 0 Å². The van der Waals surface area contributed by atoms with E-state index in [0.717, 1.165) is 31.1 Å². The Balaban J connectivity index is 2.20. The molecule has 1 fully saturated rings.